The summed E-state index contributed by atoms with van der Waals surface area (Å²) in [4.78, 5) is 4.06. The van der Waals surface area contributed by atoms with E-state index in [9.17, 15) is 0 Å². The summed E-state index contributed by atoms with van der Waals surface area (Å²) < 4.78 is 3.04. The number of nitrogens with zero attached hydrogens (tertiary/aromatic N) is 1. The Kier molecular flexibility index (Phi) is 3.08. The molecule has 0 spiro atoms. The second kappa shape index (κ2) is 3.88. The molecule has 0 radical (unpaired) electrons. The van der Waals surface area contributed by atoms with Gasteiger partial charge in [0.05, 0.1) is 0 Å². The molecule has 0 atom stereocenters. The summed E-state index contributed by atoms with van der Waals surface area (Å²) in [5, 5.41) is 0. The lowest BCUT2D eigenvalue weighted by Crippen LogP contribution is -1.97. The molecule has 0 saturated heterocycles. The van der Waals surface area contributed by atoms with Crippen LogP contribution in [-0.2, 0) is 6.54 Å². The van der Waals surface area contributed by atoms with Crippen molar-refractivity contribution in [1.82, 2.24) is 8.51 Å². The molecule has 2 nitrogen and oxygen atoms in total. The predicted molar refractivity (Wildman–Crippen MR) is 49.8 cm³/mol. The van der Waals surface area contributed by atoms with E-state index in [1.807, 2.05) is 19.3 Å². The molecule has 1 N–H and O–H groups in total. The molecular weight excluding hydrogens is 239 g/mol. The number of nitrogens with one attached hydrogen (secondary N) is 1. The molecule has 1 aromatic rings. The van der Waals surface area contributed by atoms with E-state index < -0.39 is 0 Å². The zero-order valence-electron chi connectivity index (χ0n) is 5.76. The Morgan fingerprint density at radius 3 is 3.00 bits per heavy atom. The van der Waals surface area contributed by atoms with Crippen LogP contribution in [0.3, 0.4) is 0 Å². The number of aryl methyl sites for hydroxylation is 1. The third-order valence-corrected chi connectivity index (χ3v) is 1.58. The van der Waals surface area contributed by atoms with Gasteiger partial charge in [-0.25, -0.2) is 0 Å². The van der Waals surface area contributed by atoms with Crippen molar-refractivity contribution in [3.05, 3.63) is 29.6 Å². The van der Waals surface area contributed by atoms with Gasteiger partial charge in [0.25, 0.3) is 0 Å². The van der Waals surface area contributed by atoms with Gasteiger partial charge in [-0.1, -0.05) is 6.07 Å². The third kappa shape index (κ3) is 2.22. The second-order valence-corrected chi connectivity index (χ2v) is 2.94. The summed E-state index contributed by atoms with van der Waals surface area (Å²) in [6.45, 7) is 2.93. The fraction of sp³-hybridized carbons (Fsp3) is 0.286. The van der Waals surface area contributed by atoms with Crippen molar-refractivity contribution in [2.24, 2.45) is 0 Å². The smallest absolute Gasteiger partial charge is 0.0316 e. The highest BCUT2D eigenvalue weighted by atomic mass is 127. The van der Waals surface area contributed by atoms with E-state index in [2.05, 4.69) is 37.4 Å². The van der Waals surface area contributed by atoms with Gasteiger partial charge in [-0.3, -0.25) is 8.51 Å². The number of aromatic nitrogens is 1. The monoisotopic (exact) mass is 248 g/mol. The Bertz CT molecular complexity index is 213. The molecule has 0 saturated carbocycles. The lowest BCUT2D eigenvalue weighted by atomic mass is 10.2. The van der Waals surface area contributed by atoms with Gasteiger partial charge in [-0.2, -0.15) is 0 Å². The first-order valence-electron chi connectivity index (χ1n) is 3.07. The number of rotatable bonds is 2. The maximum absolute atomic E-state index is 4.06. The van der Waals surface area contributed by atoms with Crippen molar-refractivity contribution < 1.29 is 0 Å². The highest BCUT2D eigenvalue weighted by Crippen LogP contribution is 2.00. The zero-order valence-corrected chi connectivity index (χ0v) is 7.92. The molecular formula is C7H9IN2. The van der Waals surface area contributed by atoms with Gasteiger partial charge in [0.1, 0.15) is 0 Å². The summed E-state index contributed by atoms with van der Waals surface area (Å²) in [5.74, 6) is 0. The topological polar surface area (TPSA) is 24.9 Å². The van der Waals surface area contributed by atoms with Crippen LogP contribution in [0, 0.1) is 6.92 Å². The van der Waals surface area contributed by atoms with Gasteiger partial charge in [0, 0.05) is 41.8 Å². The quantitative estimate of drug-likeness (QED) is 0.638. The lowest BCUT2D eigenvalue weighted by molar-refractivity contribution is 0.991. The molecule has 0 unspecified atom stereocenters. The molecule has 0 fully saturated rings. The molecule has 0 amide bonds. The summed E-state index contributed by atoms with van der Waals surface area (Å²) in [6.07, 6.45) is 3.73. The van der Waals surface area contributed by atoms with Gasteiger partial charge in [0.2, 0.25) is 0 Å². The van der Waals surface area contributed by atoms with Crippen LogP contribution in [0.1, 0.15) is 11.1 Å². The van der Waals surface area contributed by atoms with Crippen molar-refractivity contribution in [2.75, 3.05) is 0 Å². The Balaban J connectivity index is 2.75. The molecule has 54 valence electrons. The van der Waals surface area contributed by atoms with Crippen molar-refractivity contribution >= 4 is 22.9 Å². The van der Waals surface area contributed by atoms with Crippen LogP contribution >= 0.6 is 22.9 Å². The average molecular weight is 248 g/mol. The molecule has 0 aliphatic carbocycles. The van der Waals surface area contributed by atoms with Crippen LogP contribution in [0.5, 0.6) is 0 Å². The van der Waals surface area contributed by atoms with Crippen molar-refractivity contribution in [2.45, 2.75) is 13.5 Å². The molecule has 0 aliphatic rings. The van der Waals surface area contributed by atoms with Gasteiger partial charge in [-0.15, -0.1) is 0 Å². The zero-order chi connectivity index (χ0) is 7.40. The molecule has 1 aromatic heterocycles. The minimum Gasteiger partial charge on any atom is -0.264 e. The minimum atomic E-state index is 0.884. The van der Waals surface area contributed by atoms with Gasteiger partial charge in [-0.05, 0) is 18.1 Å². The Morgan fingerprint density at radius 2 is 2.40 bits per heavy atom. The first-order valence-corrected chi connectivity index (χ1v) is 4.15. The summed E-state index contributed by atoms with van der Waals surface area (Å²) in [6, 6.07) is 2.12. The standard InChI is InChI=1S/C7H9IN2/c1-6-2-7(5-10-8)4-9-3-6/h2-4,10H,5H2,1H3. The largest absolute Gasteiger partial charge is 0.264 e. The van der Waals surface area contributed by atoms with Crippen LogP contribution in [0.4, 0.5) is 0 Å². The number of pyridine rings is 1. The molecule has 3 heteroatoms. The minimum absolute atomic E-state index is 0.884. The van der Waals surface area contributed by atoms with Crippen LogP contribution in [0.25, 0.3) is 0 Å². The predicted octanol–water partition coefficient (Wildman–Crippen LogP) is 1.83. The fourth-order valence-electron chi connectivity index (χ4n) is 0.791. The van der Waals surface area contributed by atoms with Crippen LogP contribution in [0.2, 0.25) is 0 Å². The van der Waals surface area contributed by atoms with E-state index in [0.29, 0.717) is 0 Å². The summed E-state index contributed by atoms with van der Waals surface area (Å²) in [5.41, 5.74) is 2.44. The molecule has 0 bridgehead atoms. The lowest BCUT2D eigenvalue weighted by Gasteiger charge is -1.97. The molecule has 1 rings (SSSR count). The summed E-state index contributed by atoms with van der Waals surface area (Å²) >= 11 is 2.12. The SMILES string of the molecule is Cc1cncc(CNI)c1. The fourth-order valence-corrected chi connectivity index (χ4v) is 1.23. The van der Waals surface area contributed by atoms with Gasteiger partial charge >= 0.3 is 0 Å². The molecule has 1 heterocycles. The first-order chi connectivity index (χ1) is 4.83. The molecule has 0 aliphatic heterocycles. The maximum Gasteiger partial charge on any atom is 0.0316 e. The third-order valence-electron chi connectivity index (χ3n) is 1.20. The van der Waals surface area contributed by atoms with Crippen molar-refractivity contribution in [3.8, 4) is 0 Å². The van der Waals surface area contributed by atoms with Gasteiger partial charge < -0.3 is 0 Å². The van der Waals surface area contributed by atoms with E-state index in [4.69, 9.17) is 0 Å². The first kappa shape index (κ1) is 7.94. The number of hydrogen-bond donors (Lipinski definition) is 1. The van der Waals surface area contributed by atoms with E-state index >= 15 is 0 Å². The van der Waals surface area contributed by atoms with Crippen molar-refractivity contribution in [3.63, 3.8) is 0 Å². The van der Waals surface area contributed by atoms with Crippen LogP contribution < -0.4 is 3.53 Å². The van der Waals surface area contributed by atoms with E-state index in [0.717, 1.165) is 6.54 Å². The molecule has 0 aromatic carbocycles. The molecule has 10 heavy (non-hydrogen) atoms. The van der Waals surface area contributed by atoms with Crippen LogP contribution in [0.15, 0.2) is 18.5 Å². The number of hydrogen-bond acceptors (Lipinski definition) is 2. The van der Waals surface area contributed by atoms with E-state index in [-0.39, 0.29) is 0 Å². The van der Waals surface area contributed by atoms with Gasteiger partial charge in [0.15, 0.2) is 0 Å². The van der Waals surface area contributed by atoms with Crippen LogP contribution in [-0.4, -0.2) is 4.98 Å². The normalized spacial score (nSPS) is 9.80. The Morgan fingerprint density at radius 1 is 1.60 bits per heavy atom. The van der Waals surface area contributed by atoms with E-state index in [1.54, 1.807) is 0 Å². The Labute approximate surface area is 74.5 Å². The Hall–Kier alpha value is -0.160. The highest BCUT2D eigenvalue weighted by molar-refractivity contribution is 14.1. The summed E-state index contributed by atoms with van der Waals surface area (Å²) in [7, 11) is 0. The highest BCUT2D eigenvalue weighted by Gasteiger charge is 1.90. The maximum atomic E-state index is 4.06. The van der Waals surface area contributed by atoms with E-state index in [1.165, 1.54) is 11.1 Å². The second-order valence-electron chi connectivity index (χ2n) is 2.18. The average Bonchev–Trinajstić information content (AvgIpc) is 1.88. The van der Waals surface area contributed by atoms with Crippen molar-refractivity contribution in [1.29, 1.82) is 0 Å². The number of halogens is 1.